The number of aromatic amines is 1. The summed E-state index contributed by atoms with van der Waals surface area (Å²) in [5.74, 6) is 0.697. The van der Waals surface area contributed by atoms with Gasteiger partial charge < -0.3 is 9.72 Å². The molecule has 2 rings (SSSR count). The highest BCUT2D eigenvalue weighted by molar-refractivity contribution is 5.84. The molecule has 5 nitrogen and oxygen atoms in total. The van der Waals surface area contributed by atoms with Gasteiger partial charge in [-0.3, -0.25) is 9.63 Å². The number of hydrogen-bond acceptors (Lipinski definition) is 3. The van der Waals surface area contributed by atoms with Crippen LogP contribution in [0.2, 0.25) is 0 Å². The number of aromatic nitrogens is 1. The van der Waals surface area contributed by atoms with Crippen LogP contribution in [0, 0.1) is 0 Å². The average Bonchev–Trinajstić information content (AvgIpc) is 2.81. The fourth-order valence-electron chi connectivity index (χ4n) is 1.88. The van der Waals surface area contributed by atoms with Crippen molar-refractivity contribution in [1.82, 2.24) is 10.5 Å². The highest BCUT2D eigenvalue weighted by Crippen LogP contribution is 2.23. The van der Waals surface area contributed by atoms with Gasteiger partial charge in [-0.15, -0.1) is 0 Å². The lowest BCUT2D eigenvalue weighted by Gasteiger charge is -2.05. The Morgan fingerprint density at radius 1 is 1.42 bits per heavy atom. The topological polar surface area (TPSA) is 63.3 Å². The van der Waals surface area contributed by atoms with Crippen LogP contribution in [0.4, 0.5) is 0 Å². The van der Waals surface area contributed by atoms with Gasteiger partial charge in [0.2, 0.25) is 5.91 Å². The van der Waals surface area contributed by atoms with E-state index in [0.717, 1.165) is 28.6 Å². The summed E-state index contributed by atoms with van der Waals surface area (Å²) in [6.07, 6.45) is 3.15. The largest absolute Gasteiger partial charge is 0.497 e. The summed E-state index contributed by atoms with van der Waals surface area (Å²) in [5, 5.41) is 1.03. The smallest absolute Gasteiger partial charge is 0.243 e. The van der Waals surface area contributed by atoms with Crippen molar-refractivity contribution in [2.45, 2.75) is 26.4 Å². The second-order valence-corrected chi connectivity index (χ2v) is 4.29. The Bertz CT molecular complexity index is 563. The van der Waals surface area contributed by atoms with Gasteiger partial charge in [-0.05, 0) is 24.6 Å². The molecule has 0 fully saturated rings. The number of fused-ring (bicyclic) bond motifs is 1. The van der Waals surface area contributed by atoms with Crippen molar-refractivity contribution in [1.29, 1.82) is 0 Å². The van der Waals surface area contributed by atoms with Crippen LogP contribution in [0.1, 0.15) is 25.3 Å². The highest BCUT2D eigenvalue weighted by atomic mass is 16.6. The number of nitrogens with one attached hydrogen (secondary N) is 2. The standard InChI is InChI=1S/C14H18N2O3/c1-3-4-14(17)16-19-9-10-8-15-13-6-5-11(18-2)7-12(10)13/h5-8,15H,3-4,9H2,1-2H3,(H,16,17). The normalized spacial score (nSPS) is 10.6. The minimum Gasteiger partial charge on any atom is -0.497 e. The number of hydrogen-bond donors (Lipinski definition) is 2. The van der Waals surface area contributed by atoms with Gasteiger partial charge in [0, 0.05) is 29.1 Å². The molecule has 0 radical (unpaired) electrons. The summed E-state index contributed by atoms with van der Waals surface area (Å²) in [6.45, 7) is 2.27. The van der Waals surface area contributed by atoms with Gasteiger partial charge in [0.05, 0.1) is 7.11 Å². The highest BCUT2D eigenvalue weighted by Gasteiger charge is 2.06. The Morgan fingerprint density at radius 3 is 3.00 bits per heavy atom. The van der Waals surface area contributed by atoms with Gasteiger partial charge in [0.25, 0.3) is 0 Å². The number of ether oxygens (including phenoxy) is 1. The Labute approximate surface area is 111 Å². The van der Waals surface area contributed by atoms with Crippen molar-refractivity contribution < 1.29 is 14.4 Å². The molecule has 0 unspecified atom stereocenters. The number of carbonyl (C=O) groups is 1. The van der Waals surface area contributed by atoms with Gasteiger partial charge in [0.1, 0.15) is 12.4 Å². The molecule has 1 heterocycles. The minimum atomic E-state index is -0.0973. The van der Waals surface area contributed by atoms with E-state index in [1.54, 1.807) is 7.11 Å². The number of rotatable bonds is 6. The lowest BCUT2D eigenvalue weighted by atomic mass is 10.2. The first-order valence-corrected chi connectivity index (χ1v) is 6.29. The Hall–Kier alpha value is -2.01. The van der Waals surface area contributed by atoms with Gasteiger partial charge in [-0.2, -0.15) is 0 Å². The van der Waals surface area contributed by atoms with Gasteiger partial charge in [-0.1, -0.05) is 6.92 Å². The summed E-state index contributed by atoms with van der Waals surface area (Å²) < 4.78 is 5.20. The maximum Gasteiger partial charge on any atom is 0.243 e. The molecule has 0 saturated heterocycles. The minimum absolute atomic E-state index is 0.0973. The van der Waals surface area contributed by atoms with E-state index in [4.69, 9.17) is 9.57 Å². The van der Waals surface area contributed by atoms with E-state index < -0.39 is 0 Å². The lowest BCUT2D eigenvalue weighted by Crippen LogP contribution is -2.22. The van der Waals surface area contributed by atoms with E-state index in [-0.39, 0.29) is 5.91 Å². The van der Waals surface area contributed by atoms with Gasteiger partial charge in [-0.25, -0.2) is 5.48 Å². The maximum atomic E-state index is 11.3. The number of benzene rings is 1. The molecule has 1 amide bonds. The fourth-order valence-corrected chi connectivity index (χ4v) is 1.88. The van der Waals surface area contributed by atoms with Crippen LogP contribution >= 0.6 is 0 Å². The molecular formula is C14H18N2O3. The zero-order chi connectivity index (χ0) is 13.7. The van der Waals surface area contributed by atoms with Crippen LogP contribution in [-0.4, -0.2) is 18.0 Å². The number of methoxy groups -OCH3 is 1. The van der Waals surface area contributed by atoms with Crippen LogP contribution in [0.15, 0.2) is 24.4 Å². The zero-order valence-electron chi connectivity index (χ0n) is 11.2. The molecule has 0 atom stereocenters. The first-order valence-electron chi connectivity index (χ1n) is 6.29. The van der Waals surface area contributed by atoms with E-state index in [1.807, 2.05) is 31.3 Å². The number of H-pyrrole nitrogens is 1. The van der Waals surface area contributed by atoms with Crippen molar-refractivity contribution >= 4 is 16.8 Å². The van der Waals surface area contributed by atoms with Crippen LogP contribution in [0.5, 0.6) is 5.75 Å². The molecule has 102 valence electrons. The molecule has 0 aliphatic carbocycles. The molecule has 0 spiro atoms. The van der Waals surface area contributed by atoms with E-state index >= 15 is 0 Å². The number of hydroxylamine groups is 1. The predicted molar refractivity (Wildman–Crippen MR) is 72.7 cm³/mol. The quantitative estimate of drug-likeness (QED) is 0.786. The summed E-state index contributed by atoms with van der Waals surface area (Å²) in [7, 11) is 1.63. The Morgan fingerprint density at radius 2 is 2.26 bits per heavy atom. The molecule has 1 aromatic heterocycles. The summed E-state index contributed by atoms with van der Waals surface area (Å²) >= 11 is 0. The zero-order valence-corrected chi connectivity index (χ0v) is 11.2. The van der Waals surface area contributed by atoms with Crippen LogP contribution in [-0.2, 0) is 16.2 Å². The van der Waals surface area contributed by atoms with Crippen LogP contribution in [0.25, 0.3) is 10.9 Å². The van der Waals surface area contributed by atoms with Crippen LogP contribution < -0.4 is 10.2 Å². The molecule has 0 saturated carbocycles. The lowest BCUT2D eigenvalue weighted by molar-refractivity contribution is -0.134. The molecule has 0 aliphatic heterocycles. The average molecular weight is 262 g/mol. The van der Waals surface area contributed by atoms with Crippen molar-refractivity contribution in [3.8, 4) is 5.75 Å². The fraction of sp³-hybridized carbons (Fsp3) is 0.357. The second kappa shape index (κ2) is 6.24. The number of amides is 1. The third-order valence-electron chi connectivity index (χ3n) is 2.87. The third kappa shape index (κ3) is 3.26. The van der Waals surface area contributed by atoms with E-state index in [0.29, 0.717) is 13.0 Å². The Balaban J connectivity index is 2.02. The molecular weight excluding hydrogens is 244 g/mol. The van der Waals surface area contributed by atoms with Crippen LogP contribution in [0.3, 0.4) is 0 Å². The maximum absolute atomic E-state index is 11.3. The summed E-state index contributed by atoms with van der Waals surface area (Å²) in [6, 6.07) is 5.79. The Kier molecular flexibility index (Phi) is 4.41. The van der Waals surface area contributed by atoms with E-state index in [2.05, 4.69) is 10.5 Å². The van der Waals surface area contributed by atoms with Crippen molar-refractivity contribution in [3.63, 3.8) is 0 Å². The molecule has 0 bridgehead atoms. The van der Waals surface area contributed by atoms with Crippen molar-refractivity contribution in [3.05, 3.63) is 30.0 Å². The molecule has 1 aromatic carbocycles. The molecule has 0 aliphatic rings. The second-order valence-electron chi connectivity index (χ2n) is 4.29. The number of carbonyl (C=O) groups excluding carboxylic acids is 1. The van der Waals surface area contributed by atoms with E-state index in [9.17, 15) is 4.79 Å². The molecule has 5 heteroatoms. The molecule has 2 aromatic rings. The monoisotopic (exact) mass is 262 g/mol. The SMILES string of the molecule is CCCC(=O)NOCc1c[nH]c2ccc(OC)cc12. The molecule has 2 N–H and O–H groups in total. The summed E-state index contributed by atoms with van der Waals surface area (Å²) in [4.78, 5) is 19.6. The van der Waals surface area contributed by atoms with Crippen molar-refractivity contribution in [2.24, 2.45) is 0 Å². The van der Waals surface area contributed by atoms with Gasteiger partial charge >= 0.3 is 0 Å². The third-order valence-corrected chi connectivity index (χ3v) is 2.87. The predicted octanol–water partition coefficient (Wildman–Crippen LogP) is 2.52. The molecule has 19 heavy (non-hydrogen) atoms. The van der Waals surface area contributed by atoms with Crippen molar-refractivity contribution in [2.75, 3.05) is 7.11 Å². The van der Waals surface area contributed by atoms with E-state index in [1.165, 1.54) is 0 Å². The van der Waals surface area contributed by atoms with Gasteiger partial charge in [0.15, 0.2) is 0 Å². The first-order chi connectivity index (χ1) is 9.24. The summed E-state index contributed by atoms with van der Waals surface area (Å²) in [5.41, 5.74) is 4.42. The first kappa shape index (κ1) is 13.4.